The summed E-state index contributed by atoms with van der Waals surface area (Å²) in [5.41, 5.74) is 0. The Hall–Kier alpha value is -0.480. The van der Waals surface area contributed by atoms with Crippen molar-refractivity contribution >= 4 is 11.3 Å². The predicted molar refractivity (Wildman–Crippen MR) is 67.6 cm³/mol. The highest BCUT2D eigenvalue weighted by molar-refractivity contribution is 7.11. The second kappa shape index (κ2) is 6.30. The molecule has 4 heteroatoms. The maximum atomic E-state index is 4.24. The van der Waals surface area contributed by atoms with Crippen molar-refractivity contribution in [3.05, 3.63) is 10.0 Å². The Bertz CT molecular complexity index is 307. The number of hydrogen-bond donors (Lipinski definition) is 1. The van der Waals surface area contributed by atoms with Gasteiger partial charge in [-0.2, -0.15) is 0 Å². The van der Waals surface area contributed by atoms with Gasteiger partial charge in [-0.25, -0.2) is 0 Å². The van der Waals surface area contributed by atoms with Crippen LogP contribution in [0, 0.1) is 0 Å². The monoisotopic (exact) mass is 239 g/mol. The van der Waals surface area contributed by atoms with E-state index < -0.39 is 0 Å². The van der Waals surface area contributed by atoms with Gasteiger partial charge in [0.05, 0.1) is 0 Å². The van der Waals surface area contributed by atoms with Crippen molar-refractivity contribution < 1.29 is 0 Å². The number of nitrogens with zero attached hydrogens (tertiary/aromatic N) is 2. The Morgan fingerprint density at radius 3 is 2.75 bits per heavy atom. The summed E-state index contributed by atoms with van der Waals surface area (Å²) in [6.07, 6.45) is 9.01. The van der Waals surface area contributed by atoms with Crippen LogP contribution in [-0.2, 0) is 13.0 Å². The van der Waals surface area contributed by atoms with Crippen molar-refractivity contribution in [2.45, 2.75) is 64.5 Å². The van der Waals surface area contributed by atoms with E-state index in [0.29, 0.717) is 0 Å². The van der Waals surface area contributed by atoms with Crippen molar-refractivity contribution in [3.8, 4) is 0 Å². The lowest BCUT2D eigenvalue weighted by atomic mass is 10.2. The van der Waals surface area contributed by atoms with Gasteiger partial charge in [0, 0.05) is 19.0 Å². The van der Waals surface area contributed by atoms with Crippen molar-refractivity contribution in [3.63, 3.8) is 0 Å². The molecule has 3 nitrogen and oxygen atoms in total. The number of aryl methyl sites for hydroxylation is 1. The van der Waals surface area contributed by atoms with Crippen LogP contribution in [0.3, 0.4) is 0 Å². The van der Waals surface area contributed by atoms with Gasteiger partial charge in [0.1, 0.15) is 10.0 Å². The normalized spacial score (nSPS) is 15.6. The molecule has 1 fully saturated rings. The molecule has 1 heterocycles. The van der Waals surface area contributed by atoms with Crippen LogP contribution in [0.4, 0.5) is 0 Å². The zero-order chi connectivity index (χ0) is 11.2. The topological polar surface area (TPSA) is 37.8 Å². The summed E-state index contributed by atoms with van der Waals surface area (Å²) in [5.74, 6) is 0. The summed E-state index contributed by atoms with van der Waals surface area (Å²) in [5, 5.41) is 14.3. The molecule has 16 heavy (non-hydrogen) atoms. The molecule has 2 rings (SSSR count). The molecule has 0 radical (unpaired) electrons. The van der Waals surface area contributed by atoms with E-state index >= 15 is 0 Å². The number of aromatic nitrogens is 2. The molecule has 90 valence electrons. The lowest BCUT2D eigenvalue weighted by Gasteiger charge is -1.96. The summed E-state index contributed by atoms with van der Waals surface area (Å²) >= 11 is 1.78. The Morgan fingerprint density at radius 1 is 1.19 bits per heavy atom. The summed E-state index contributed by atoms with van der Waals surface area (Å²) < 4.78 is 0. The molecule has 0 aromatic carbocycles. The molecule has 0 atom stereocenters. The van der Waals surface area contributed by atoms with Crippen LogP contribution >= 0.6 is 11.3 Å². The fraction of sp³-hybridized carbons (Fsp3) is 0.833. The van der Waals surface area contributed by atoms with Crippen LogP contribution in [0.15, 0.2) is 0 Å². The molecule has 1 N–H and O–H groups in total. The van der Waals surface area contributed by atoms with Gasteiger partial charge < -0.3 is 5.32 Å². The van der Waals surface area contributed by atoms with Gasteiger partial charge in [0.25, 0.3) is 0 Å². The Balaban J connectivity index is 1.64. The molecule has 1 aromatic heterocycles. The Kier molecular flexibility index (Phi) is 4.72. The molecule has 1 aliphatic rings. The van der Waals surface area contributed by atoms with Gasteiger partial charge in [-0.05, 0) is 19.3 Å². The van der Waals surface area contributed by atoms with E-state index in [4.69, 9.17) is 0 Å². The first-order chi connectivity index (χ1) is 7.88. The quantitative estimate of drug-likeness (QED) is 0.709. The van der Waals surface area contributed by atoms with E-state index in [2.05, 4.69) is 22.4 Å². The molecule has 0 unspecified atom stereocenters. The van der Waals surface area contributed by atoms with Gasteiger partial charge in [-0.15, -0.1) is 21.5 Å². The first kappa shape index (κ1) is 12.0. The molecular formula is C12H21N3S. The average molecular weight is 239 g/mol. The molecule has 0 amide bonds. The molecule has 1 aliphatic carbocycles. The summed E-state index contributed by atoms with van der Waals surface area (Å²) in [6.45, 7) is 3.16. The summed E-state index contributed by atoms with van der Waals surface area (Å²) in [6, 6.07) is 0.761. The third kappa shape index (κ3) is 4.18. The van der Waals surface area contributed by atoms with Gasteiger partial charge in [0.15, 0.2) is 0 Å². The van der Waals surface area contributed by atoms with Gasteiger partial charge in [0.2, 0.25) is 0 Å². The fourth-order valence-electron chi connectivity index (χ4n) is 1.68. The SMILES string of the molecule is CCCCCCc1nnc(CNC2CC2)s1. The summed E-state index contributed by atoms with van der Waals surface area (Å²) in [7, 11) is 0. The molecule has 0 bridgehead atoms. The minimum Gasteiger partial charge on any atom is -0.308 e. The number of unbranched alkanes of at least 4 members (excludes halogenated alkanes) is 3. The fourth-order valence-corrected chi connectivity index (χ4v) is 2.52. The van der Waals surface area contributed by atoms with E-state index in [1.807, 2.05) is 0 Å². The minimum atomic E-state index is 0.761. The first-order valence-corrected chi connectivity index (χ1v) is 7.24. The maximum absolute atomic E-state index is 4.24. The molecule has 0 aliphatic heterocycles. The second-order valence-electron chi connectivity index (χ2n) is 4.56. The van der Waals surface area contributed by atoms with E-state index in [1.165, 1.54) is 43.5 Å². The van der Waals surface area contributed by atoms with Gasteiger partial charge >= 0.3 is 0 Å². The van der Waals surface area contributed by atoms with E-state index in [-0.39, 0.29) is 0 Å². The smallest absolute Gasteiger partial charge is 0.131 e. The van der Waals surface area contributed by atoms with Gasteiger partial charge in [-0.1, -0.05) is 26.2 Å². The van der Waals surface area contributed by atoms with E-state index in [0.717, 1.165) is 24.0 Å². The van der Waals surface area contributed by atoms with Crippen LogP contribution in [0.2, 0.25) is 0 Å². The Labute approximate surface area is 102 Å². The highest BCUT2D eigenvalue weighted by Crippen LogP contribution is 2.20. The third-order valence-electron chi connectivity index (χ3n) is 2.87. The molecule has 1 saturated carbocycles. The van der Waals surface area contributed by atoms with Crippen LogP contribution in [-0.4, -0.2) is 16.2 Å². The van der Waals surface area contributed by atoms with E-state index in [9.17, 15) is 0 Å². The van der Waals surface area contributed by atoms with Crippen LogP contribution < -0.4 is 5.32 Å². The highest BCUT2D eigenvalue weighted by atomic mass is 32.1. The van der Waals surface area contributed by atoms with E-state index in [1.54, 1.807) is 11.3 Å². The van der Waals surface area contributed by atoms with Crippen LogP contribution in [0.1, 0.15) is 55.5 Å². The number of rotatable bonds is 8. The standard InChI is InChI=1S/C12H21N3S/c1-2-3-4-5-6-11-14-15-12(16-11)9-13-10-7-8-10/h10,13H,2-9H2,1H3. The molecule has 0 saturated heterocycles. The van der Waals surface area contributed by atoms with Crippen LogP contribution in [0.25, 0.3) is 0 Å². The van der Waals surface area contributed by atoms with Crippen molar-refractivity contribution in [1.82, 2.24) is 15.5 Å². The lowest BCUT2D eigenvalue weighted by molar-refractivity contribution is 0.660. The molecule has 0 spiro atoms. The largest absolute Gasteiger partial charge is 0.308 e. The first-order valence-electron chi connectivity index (χ1n) is 6.43. The average Bonchev–Trinajstić information content (AvgIpc) is 3.02. The maximum Gasteiger partial charge on any atom is 0.131 e. The predicted octanol–water partition coefficient (Wildman–Crippen LogP) is 2.91. The molecular weight excluding hydrogens is 218 g/mol. The van der Waals surface area contributed by atoms with Crippen molar-refractivity contribution in [2.75, 3.05) is 0 Å². The van der Waals surface area contributed by atoms with Gasteiger partial charge in [-0.3, -0.25) is 0 Å². The lowest BCUT2D eigenvalue weighted by Crippen LogP contribution is -2.14. The Morgan fingerprint density at radius 2 is 2.00 bits per heavy atom. The third-order valence-corrected chi connectivity index (χ3v) is 3.86. The number of nitrogens with one attached hydrogen (secondary N) is 1. The second-order valence-corrected chi connectivity index (χ2v) is 5.70. The minimum absolute atomic E-state index is 0.761. The zero-order valence-corrected chi connectivity index (χ0v) is 10.9. The zero-order valence-electron chi connectivity index (χ0n) is 10.0. The molecule has 1 aromatic rings. The van der Waals surface area contributed by atoms with Crippen molar-refractivity contribution in [2.24, 2.45) is 0 Å². The highest BCUT2D eigenvalue weighted by Gasteiger charge is 2.20. The van der Waals surface area contributed by atoms with Crippen molar-refractivity contribution in [1.29, 1.82) is 0 Å². The summed E-state index contributed by atoms with van der Waals surface area (Å²) in [4.78, 5) is 0. The number of hydrogen-bond acceptors (Lipinski definition) is 4. The van der Waals surface area contributed by atoms with Crippen LogP contribution in [0.5, 0.6) is 0 Å².